The number of aromatic nitrogens is 1. The van der Waals surface area contributed by atoms with E-state index in [0.717, 1.165) is 46.0 Å². The molecule has 7 rings (SSSR count). The Morgan fingerprint density at radius 1 is 0.886 bits per heavy atom. The first-order valence-electron chi connectivity index (χ1n) is 13.4. The van der Waals surface area contributed by atoms with Crippen LogP contribution in [-0.4, -0.2) is 27.5 Å². The van der Waals surface area contributed by atoms with Crippen LogP contribution in [0.5, 0.6) is 0 Å². The fourth-order valence-corrected chi connectivity index (χ4v) is 9.51. The highest BCUT2D eigenvalue weighted by atomic mass is 32.2. The van der Waals surface area contributed by atoms with Crippen LogP contribution in [0.1, 0.15) is 21.2 Å². The Labute approximate surface area is 259 Å². The number of thiophene rings is 1. The molecule has 0 spiro atoms. The fraction of sp³-hybridized carbons (Fsp3) is 0.161. The molecule has 3 aromatic carbocycles. The quantitative estimate of drug-likeness (QED) is 0.217. The summed E-state index contributed by atoms with van der Waals surface area (Å²) in [6, 6.07) is 21.2. The first-order chi connectivity index (χ1) is 21.1. The summed E-state index contributed by atoms with van der Waals surface area (Å²) in [4.78, 5) is 55.6. The molecule has 0 bridgehead atoms. The van der Waals surface area contributed by atoms with Crippen LogP contribution < -0.4 is 15.1 Å². The molecule has 13 heteroatoms. The first-order valence-corrected chi connectivity index (χ1v) is 16.0. The lowest BCUT2D eigenvalue weighted by Crippen LogP contribution is -2.33. The largest absolute Gasteiger partial charge is 0.418 e. The van der Waals surface area contributed by atoms with E-state index in [0.29, 0.717) is 25.4 Å². The molecule has 3 unspecified atom stereocenters. The normalized spacial score (nSPS) is 19.7. The molecule has 2 aliphatic heterocycles. The first kappa shape index (κ1) is 28.6. The summed E-state index contributed by atoms with van der Waals surface area (Å²) < 4.78 is 43.0. The van der Waals surface area contributed by atoms with Gasteiger partial charge < -0.3 is 5.32 Å². The van der Waals surface area contributed by atoms with Gasteiger partial charge in [0, 0.05) is 21.4 Å². The summed E-state index contributed by atoms with van der Waals surface area (Å²) in [7, 11) is 0. The molecule has 222 valence electrons. The lowest BCUT2D eigenvalue weighted by Gasteiger charge is -2.29. The Bertz CT molecular complexity index is 2020. The van der Waals surface area contributed by atoms with E-state index in [1.165, 1.54) is 28.0 Å². The number of nitrogens with one attached hydrogen (secondary N) is 1. The maximum Gasteiger partial charge on any atom is 0.418 e. The van der Waals surface area contributed by atoms with Crippen LogP contribution in [0.2, 0.25) is 0 Å². The predicted molar refractivity (Wildman–Crippen MR) is 164 cm³/mol. The minimum absolute atomic E-state index is 0.345. The van der Waals surface area contributed by atoms with Crippen LogP contribution in [0, 0.1) is 5.92 Å². The summed E-state index contributed by atoms with van der Waals surface area (Å²) in [6.45, 7) is -0.345. The van der Waals surface area contributed by atoms with Crippen molar-refractivity contribution >= 4 is 74.3 Å². The van der Waals surface area contributed by atoms with Gasteiger partial charge in [-0.3, -0.25) is 23.7 Å². The Morgan fingerprint density at radius 3 is 2.39 bits per heavy atom. The smallest absolute Gasteiger partial charge is 0.325 e. The third-order valence-corrected chi connectivity index (χ3v) is 11.2. The molecule has 44 heavy (non-hydrogen) atoms. The Kier molecular flexibility index (Phi) is 6.98. The summed E-state index contributed by atoms with van der Waals surface area (Å²) in [6.07, 6.45) is -4.79. The van der Waals surface area contributed by atoms with Gasteiger partial charge >= 0.3 is 11.0 Å². The van der Waals surface area contributed by atoms with Crippen molar-refractivity contribution in [3.8, 4) is 0 Å². The van der Waals surface area contributed by atoms with Gasteiger partial charge in [-0.15, -0.1) is 11.3 Å². The van der Waals surface area contributed by atoms with Gasteiger partial charge in [-0.2, -0.15) is 13.2 Å². The molecular weight excluding hydrogens is 632 g/mol. The fourth-order valence-electron chi connectivity index (χ4n) is 5.79. The van der Waals surface area contributed by atoms with Crippen molar-refractivity contribution in [1.82, 2.24) is 4.57 Å². The zero-order valence-corrected chi connectivity index (χ0v) is 24.9. The topological polar surface area (TPSA) is 88.5 Å². The van der Waals surface area contributed by atoms with E-state index in [9.17, 15) is 32.3 Å². The van der Waals surface area contributed by atoms with Crippen molar-refractivity contribution in [2.24, 2.45) is 5.92 Å². The van der Waals surface area contributed by atoms with Crippen LogP contribution in [0.3, 0.4) is 0 Å². The van der Waals surface area contributed by atoms with Crippen molar-refractivity contribution in [2.75, 3.05) is 10.2 Å². The van der Waals surface area contributed by atoms with E-state index in [2.05, 4.69) is 5.32 Å². The minimum Gasteiger partial charge on any atom is -0.325 e. The second-order valence-electron chi connectivity index (χ2n) is 10.3. The number of halogens is 3. The maximum atomic E-state index is 13.9. The number of nitrogens with zero attached hydrogens (tertiary/aromatic N) is 2. The van der Waals surface area contributed by atoms with Gasteiger partial charge in [0.05, 0.1) is 22.2 Å². The highest BCUT2D eigenvalue weighted by Crippen LogP contribution is 2.55. The molecule has 1 fully saturated rings. The summed E-state index contributed by atoms with van der Waals surface area (Å²) >= 11 is 3.16. The molecule has 1 saturated heterocycles. The van der Waals surface area contributed by atoms with Crippen LogP contribution >= 0.6 is 34.4 Å². The zero-order valence-electron chi connectivity index (χ0n) is 22.4. The Hall–Kier alpha value is -4.20. The number of hydrogen-bond acceptors (Lipinski definition) is 7. The number of anilines is 2. The van der Waals surface area contributed by atoms with Gasteiger partial charge in [-0.25, -0.2) is 4.90 Å². The number of hydrogen-bond donors (Lipinski definition) is 1. The van der Waals surface area contributed by atoms with E-state index in [1.54, 1.807) is 23.6 Å². The number of imide groups is 1. The SMILES string of the molecule is O=C(Cn1c2c(sc1=O)C(c1cccs1)C1C(=O)N(c3ccccc3C(F)(F)F)C(=O)C1S2)Nc1ccc2ccccc2c1. The minimum atomic E-state index is -4.79. The molecule has 1 N–H and O–H groups in total. The second-order valence-corrected chi connectivity index (χ2v) is 13.4. The number of amides is 3. The van der Waals surface area contributed by atoms with E-state index < -0.39 is 57.1 Å². The number of carbonyl (C=O) groups excluding carboxylic acids is 3. The van der Waals surface area contributed by atoms with E-state index in [-0.39, 0.29) is 6.54 Å². The van der Waals surface area contributed by atoms with Crippen molar-refractivity contribution in [3.63, 3.8) is 0 Å². The number of para-hydroxylation sites is 1. The molecule has 0 saturated carbocycles. The van der Waals surface area contributed by atoms with Gasteiger partial charge in [-0.1, -0.05) is 71.6 Å². The average Bonchev–Trinajstić information content (AvgIpc) is 3.69. The van der Waals surface area contributed by atoms with E-state index in [1.807, 2.05) is 36.4 Å². The Morgan fingerprint density at radius 2 is 1.64 bits per heavy atom. The number of carbonyl (C=O) groups is 3. The summed E-state index contributed by atoms with van der Waals surface area (Å²) in [5, 5.41) is 5.81. The molecule has 5 aromatic rings. The highest BCUT2D eigenvalue weighted by molar-refractivity contribution is 8.00. The zero-order chi connectivity index (χ0) is 30.7. The van der Waals surface area contributed by atoms with E-state index in [4.69, 9.17) is 0 Å². The van der Waals surface area contributed by atoms with Crippen LogP contribution in [0.25, 0.3) is 10.8 Å². The van der Waals surface area contributed by atoms with Gasteiger partial charge in [0.1, 0.15) is 11.8 Å². The lowest BCUT2D eigenvalue weighted by atomic mass is 9.87. The maximum absolute atomic E-state index is 13.9. The van der Waals surface area contributed by atoms with Gasteiger partial charge in [0.2, 0.25) is 17.7 Å². The standard InChI is InChI=1S/C31H20F3N3O4S3/c32-31(33,34)19-8-3-4-9-20(19)37-27(39)24-23(21-10-5-13-42-21)26-29(43-25(24)28(37)40)36(30(41)44-26)15-22(38)35-18-12-11-16-6-1-2-7-17(16)14-18/h1-14,23-25H,15H2,(H,35,38). The molecule has 3 amide bonds. The van der Waals surface area contributed by atoms with Crippen molar-refractivity contribution in [3.05, 3.63) is 109 Å². The van der Waals surface area contributed by atoms with Crippen LogP contribution in [0.4, 0.5) is 24.5 Å². The molecule has 0 aliphatic carbocycles. The van der Waals surface area contributed by atoms with Crippen molar-refractivity contribution < 1.29 is 27.6 Å². The van der Waals surface area contributed by atoms with Crippen LogP contribution in [-0.2, 0) is 27.1 Å². The molecule has 7 nitrogen and oxygen atoms in total. The predicted octanol–water partition coefficient (Wildman–Crippen LogP) is 6.58. The second kappa shape index (κ2) is 10.8. The molecular formula is C31H20F3N3O4S3. The molecule has 4 heterocycles. The molecule has 3 atom stereocenters. The van der Waals surface area contributed by atoms with Crippen LogP contribution in [0.15, 0.2) is 94.1 Å². The number of rotatable bonds is 5. The van der Waals surface area contributed by atoms with Gasteiger partial charge in [0.15, 0.2) is 0 Å². The molecule has 2 aromatic heterocycles. The monoisotopic (exact) mass is 651 g/mol. The highest BCUT2D eigenvalue weighted by Gasteiger charge is 2.58. The van der Waals surface area contributed by atoms with E-state index >= 15 is 0 Å². The third kappa shape index (κ3) is 4.75. The summed E-state index contributed by atoms with van der Waals surface area (Å²) in [5.74, 6) is -3.78. The van der Waals surface area contributed by atoms with Gasteiger partial charge in [0.25, 0.3) is 0 Å². The molecule has 0 radical (unpaired) electrons. The molecule has 2 aliphatic rings. The number of fused-ring (bicyclic) bond motifs is 3. The number of thiazole rings is 1. The number of thioether (sulfide) groups is 1. The van der Waals surface area contributed by atoms with Gasteiger partial charge in [-0.05, 0) is 46.5 Å². The Balaban J connectivity index is 1.25. The lowest BCUT2D eigenvalue weighted by molar-refractivity contribution is -0.137. The average molecular weight is 652 g/mol. The number of benzene rings is 3. The third-order valence-electron chi connectivity index (χ3n) is 7.68. The van der Waals surface area contributed by atoms with Crippen molar-refractivity contribution in [2.45, 2.75) is 28.9 Å². The van der Waals surface area contributed by atoms with Crippen molar-refractivity contribution in [1.29, 1.82) is 0 Å². The number of alkyl halides is 3. The summed E-state index contributed by atoms with van der Waals surface area (Å²) in [5.41, 5.74) is -1.06.